The first-order valence-corrected chi connectivity index (χ1v) is 5.91. The molecule has 2 heteroatoms. The van der Waals surface area contributed by atoms with Gasteiger partial charge in [0, 0.05) is 5.02 Å². The van der Waals surface area contributed by atoms with E-state index in [1.54, 1.807) is 0 Å². The molecule has 1 unspecified atom stereocenters. The lowest BCUT2D eigenvalue weighted by Crippen LogP contribution is -2.22. The van der Waals surface area contributed by atoms with Crippen LogP contribution in [0.25, 0.3) is 0 Å². The third-order valence-electron chi connectivity index (χ3n) is 2.31. The van der Waals surface area contributed by atoms with Crippen LogP contribution in [0.1, 0.15) is 39.7 Å². The summed E-state index contributed by atoms with van der Waals surface area (Å²) in [4.78, 5) is -0.317. The van der Waals surface area contributed by atoms with E-state index in [0.29, 0.717) is 0 Å². The second-order valence-electron chi connectivity index (χ2n) is 5.44. The predicted molar refractivity (Wildman–Crippen MR) is 68.7 cm³/mol. The first-order chi connectivity index (χ1) is 6.71. The Kier molecular flexibility index (Phi) is 3.73. The van der Waals surface area contributed by atoms with E-state index in [1.165, 1.54) is 0 Å². The van der Waals surface area contributed by atoms with Crippen LogP contribution in [0, 0.1) is 5.41 Å². The molecule has 0 aromatic heterocycles. The van der Waals surface area contributed by atoms with Crippen LogP contribution >= 0.6 is 23.2 Å². The smallest absolute Gasteiger partial charge is 0.0671 e. The zero-order chi connectivity index (χ0) is 11.7. The summed E-state index contributed by atoms with van der Waals surface area (Å²) in [5.41, 5.74) is 1.35. The minimum atomic E-state index is -0.317. The molecule has 1 atom stereocenters. The fourth-order valence-corrected chi connectivity index (χ4v) is 2.55. The SMILES string of the molecule is CC(C)(C)CC(C)(Cl)c1ccc(Cl)cc1. The molecule has 15 heavy (non-hydrogen) atoms. The molecule has 84 valence electrons. The molecule has 0 spiro atoms. The molecule has 0 amide bonds. The third-order valence-corrected chi connectivity index (χ3v) is 2.91. The Morgan fingerprint density at radius 1 is 1.00 bits per heavy atom. The van der Waals surface area contributed by atoms with Crippen molar-refractivity contribution in [3.63, 3.8) is 0 Å². The first-order valence-electron chi connectivity index (χ1n) is 5.16. The lowest BCUT2D eigenvalue weighted by Gasteiger charge is -2.30. The van der Waals surface area contributed by atoms with E-state index in [1.807, 2.05) is 24.3 Å². The van der Waals surface area contributed by atoms with E-state index < -0.39 is 0 Å². The van der Waals surface area contributed by atoms with E-state index in [2.05, 4.69) is 27.7 Å². The van der Waals surface area contributed by atoms with Crippen LogP contribution < -0.4 is 0 Å². The van der Waals surface area contributed by atoms with Gasteiger partial charge in [-0.15, -0.1) is 11.6 Å². The van der Waals surface area contributed by atoms with E-state index in [-0.39, 0.29) is 10.3 Å². The quantitative estimate of drug-likeness (QED) is 0.626. The number of rotatable bonds is 2. The number of alkyl halides is 1. The van der Waals surface area contributed by atoms with E-state index in [4.69, 9.17) is 23.2 Å². The molecule has 0 saturated heterocycles. The van der Waals surface area contributed by atoms with Crippen LogP contribution in [-0.2, 0) is 4.87 Å². The average molecular weight is 245 g/mol. The van der Waals surface area contributed by atoms with Gasteiger partial charge in [0.15, 0.2) is 0 Å². The molecule has 0 bridgehead atoms. The van der Waals surface area contributed by atoms with Crippen molar-refractivity contribution in [2.45, 2.75) is 39.0 Å². The topological polar surface area (TPSA) is 0 Å². The zero-order valence-electron chi connectivity index (χ0n) is 9.77. The molecule has 0 saturated carbocycles. The molecule has 0 aliphatic heterocycles. The minimum absolute atomic E-state index is 0.218. The van der Waals surface area contributed by atoms with Crippen LogP contribution in [0.5, 0.6) is 0 Å². The van der Waals surface area contributed by atoms with Crippen molar-refractivity contribution in [2.24, 2.45) is 5.41 Å². The number of halogens is 2. The van der Waals surface area contributed by atoms with Crippen molar-refractivity contribution in [1.29, 1.82) is 0 Å². The lowest BCUT2D eigenvalue weighted by atomic mass is 9.82. The predicted octanol–water partition coefficient (Wildman–Crippen LogP) is 5.23. The van der Waals surface area contributed by atoms with Gasteiger partial charge in [-0.1, -0.05) is 44.5 Å². The van der Waals surface area contributed by atoms with Gasteiger partial charge in [0.2, 0.25) is 0 Å². The Morgan fingerprint density at radius 2 is 1.47 bits per heavy atom. The summed E-state index contributed by atoms with van der Waals surface area (Å²) in [6.07, 6.45) is 0.934. The normalized spacial score (nSPS) is 16.1. The van der Waals surface area contributed by atoms with Gasteiger partial charge in [0.1, 0.15) is 0 Å². The van der Waals surface area contributed by atoms with Crippen molar-refractivity contribution < 1.29 is 0 Å². The van der Waals surface area contributed by atoms with Crippen molar-refractivity contribution in [3.05, 3.63) is 34.9 Å². The molecule has 1 aromatic rings. The van der Waals surface area contributed by atoms with Crippen LogP contribution in [-0.4, -0.2) is 0 Å². The Bertz CT molecular complexity index is 317. The van der Waals surface area contributed by atoms with Gasteiger partial charge < -0.3 is 0 Å². The largest absolute Gasteiger partial charge is 0.114 e. The highest BCUT2D eigenvalue weighted by Crippen LogP contribution is 2.39. The van der Waals surface area contributed by atoms with Gasteiger partial charge in [-0.05, 0) is 36.5 Å². The minimum Gasteiger partial charge on any atom is -0.114 e. The highest BCUT2D eigenvalue weighted by molar-refractivity contribution is 6.30. The monoisotopic (exact) mass is 244 g/mol. The maximum Gasteiger partial charge on any atom is 0.0671 e. The summed E-state index contributed by atoms with van der Waals surface area (Å²) < 4.78 is 0. The van der Waals surface area contributed by atoms with Crippen LogP contribution in [0.3, 0.4) is 0 Å². The number of hydrogen-bond donors (Lipinski definition) is 0. The molecule has 0 aliphatic rings. The zero-order valence-corrected chi connectivity index (χ0v) is 11.3. The molecule has 0 N–H and O–H groups in total. The van der Waals surface area contributed by atoms with Gasteiger partial charge in [-0.25, -0.2) is 0 Å². The molecule has 0 radical (unpaired) electrons. The van der Waals surface area contributed by atoms with Crippen LogP contribution in [0.15, 0.2) is 24.3 Å². The Balaban J connectivity index is 2.90. The maximum absolute atomic E-state index is 6.56. The maximum atomic E-state index is 6.56. The molecule has 0 heterocycles. The van der Waals surface area contributed by atoms with E-state index in [9.17, 15) is 0 Å². The summed E-state index contributed by atoms with van der Waals surface area (Å²) in [7, 11) is 0. The highest BCUT2D eigenvalue weighted by atomic mass is 35.5. The molecular weight excluding hydrogens is 227 g/mol. The van der Waals surface area contributed by atoms with Crippen molar-refractivity contribution >= 4 is 23.2 Å². The number of hydrogen-bond acceptors (Lipinski definition) is 0. The van der Waals surface area contributed by atoms with Gasteiger partial charge in [0.25, 0.3) is 0 Å². The van der Waals surface area contributed by atoms with E-state index >= 15 is 0 Å². The van der Waals surface area contributed by atoms with Crippen molar-refractivity contribution in [2.75, 3.05) is 0 Å². The average Bonchev–Trinajstić information content (AvgIpc) is 2.00. The van der Waals surface area contributed by atoms with Crippen LogP contribution in [0.2, 0.25) is 5.02 Å². The van der Waals surface area contributed by atoms with Crippen molar-refractivity contribution in [3.8, 4) is 0 Å². The third kappa shape index (κ3) is 4.04. The molecule has 1 aromatic carbocycles. The highest BCUT2D eigenvalue weighted by Gasteiger charge is 2.29. The summed E-state index contributed by atoms with van der Waals surface area (Å²) in [5, 5.41) is 0.752. The second-order valence-corrected chi connectivity index (χ2v) is 6.71. The van der Waals surface area contributed by atoms with Crippen molar-refractivity contribution in [1.82, 2.24) is 0 Å². The summed E-state index contributed by atoms with van der Waals surface area (Å²) in [6.45, 7) is 8.65. The molecule has 0 fully saturated rings. The van der Waals surface area contributed by atoms with Gasteiger partial charge >= 0.3 is 0 Å². The summed E-state index contributed by atoms with van der Waals surface area (Å²) in [5.74, 6) is 0. The van der Waals surface area contributed by atoms with E-state index in [0.717, 1.165) is 17.0 Å². The second kappa shape index (κ2) is 4.35. The summed E-state index contributed by atoms with van der Waals surface area (Å²) >= 11 is 12.4. The van der Waals surface area contributed by atoms with Gasteiger partial charge in [-0.3, -0.25) is 0 Å². The number of benzene rings is 1. The molecule has 1 rings (SSSR count). The van der Waals surface area contributed by atoms with Gasteiger partial charge in [-0.2, -0.15) is 0 Å². The fraction of sp³-hybridized carbons (Fsp3) is 0.538. The summed E-state index contributed by atoms with van der Waals surface area (Å²) in [6, 6.07) is 7.78. The Morgan fingerprint density at radius 3 is 1.87 bits per heavy atom. The standard InChI is InChI=1S/C13H18Cl2/c1-12(2,3)9-13(4,15)10-5-7-11(14)8-6-10/h5-8H,9H2,1-4H3. The van der Waals surface area contributed by atoms with Gasteiger partial charge in [0.05, 0.1) is 4.87 Å². The Labute approximate surface area is 103 Å². The fourth-order valence-electron chi connectivity index (χ4n) is 1.90. The molecule has 0 nitrogen and oxygen atoms in total. The van der Waals surface area contributed by atoms with Crippen LogP contribution in [0.4, 0.5) is 0 Å². The first kappa shape index (κ1) is 12.9. The molecular formula is C13H18Cl2. The lowest BCUT2D eigenvalue weighted by molar-refractivity contribution is 0.327. The Hall–Kier alpha value is -0.200. The molecule has 0 aliphatic carbocycles.